The molecule has 0 atom stereocenters. The summed E-state index contributed by atoms with van der Waals surface area (Å²) in [5, 5.41) is 3.19. The molecule has 1 aliphatic carbocycles. The van der Waals surface area contributed by atoms with Gasteiger partial charge in [0, 0.05) is 12.6 Å². The number of rotatable bonds is 8. The van der Waals surface area contributed by atoms with E-state index in [9.17, 15) is 4.79 Å². The van der Waals surface area contributed by atoms with Crippen LogP contribution in [0.5, 0.6) is 0 Å². The van der Waals surface area contributed by atoms with E-state index in [2.05, 4.69) is 24.1 Å². The minimum absolute atomic E-state index is 0.185. The molecule has 1 aliphatic rings. The lowest BCUT2D eigenvalue weighted by Crippen LogP contribution is -2.44. The van der Waals surface area contributed by atoms with E-state index in [-0.39, 0.29) is 5.91 Å². The van der Waals surface area contributed by atoms with Crippen molar-refractivity contribution >= 4 is 5.91 Å². The molecular weight excluding hydrogens is 238 g/mol. The van der Waals surface area contributed by atoms with Crippen LogP contribution in [0.1, 0.15) is 52.4 Å². The van der Waals surface area contributed by atoms with Gasteiger partial charge in [0.05, 0.1) is 6.54 Å². The van der Waals surface area contributed by atoms with Crippen LogP contribution in [0.15, 0.2) is 0 Å². The Labute approximate surface area is 118 Å². The Morgan fingerprint density at radius 2 is 2.00 bits per heavy atom. The van der Waals surface area contributed by atoms with Gasteiger partial charge in [-0.1, -0.05) is 33.1 Å². The van der Waals surface area contributed by atoms with Crippen LogP contribution in [0.4, 0.5) is 0 Å². The van der Waals surface area contributed by atoms with Crippen LogP contribution in [-0.2, 0) is 4.79 Å². The molecule has 0 radical (unpaired) electrons. The standard InChI is InChI=1S/C15H31N3O/c1-13(2)11-18(10-6-9-16)12-15(19)17-14-7-4-3-5-8-14/h13-14H,3-12,16H2,1-2H3,(H,17,19). The Hall–Kier alpha value is -0.610. The highest BCUT2D eigenvalue weighted by Crippen LogP contribution is 2.17. The van der Waals surface area contributed by atoms with Gasteiger partial charge in [0.25, 0.3) is 0 Å². The van der Waals surface area contributed by atoms with Crippen molar-refractivity contribution < 1.29 is 4.79 Å². The number of nitrogens with two attached hydrogens (primary N) is 1. The first-order valence-electron chi connectivity index (χ1n) is 7.83. The minimum atomic E-state index is 0.185. The first-order chi connectivity index (χ1) is 9.11. The van der Waals surface area contributed by atoms with Gasteiger partial charge in [-0.05, 0) is 38.3 Å². The molecule has 1 fully saturated rings. The Bertz CT molecular complexity index is 250. The van der Waals surface area contributed by atoms with E-state index in [0.29, 0.717) is 25.0 Å². The molecule has 0 aromatic heterocycles. The number of nitrogens with zero attached hydrogens (tertiary/aromatic N) is 1. The third-order valence-corrected chi connectivity index (χ3v) is 3.64. The molecular formula is C15H31N3O. The van der Waals surface area contributed by atoms with Gasteiger partial charge in [0.15, 0.2) is 0 Å². The molecule has 3 N–H and O–H groups in total. The molecule has 4 nitrogen and oxygen atoms in total. The molecule has 0 aliphatic heterocycles. The number of hydrogen-bond donors (Lipinski definition) is 2. The smallest absolute Gasteiger partial charge is 0.234 e. The van der Waals surface area contributed by atoms with Crippen LogP contribution in [-0.4, -0.2) is 43.0 Å². The quantitative estimate of drug-likeness (QED) is 0.706. The Balaban J connectivity index is 2.31. The van der Waals surface area contributed by atoms with Crippen molar-refractivity contribution in [3.05, 3.63) is 0 Å². The van der Waals surface area contributed by atoms with Gasteiger partial charge < -0.3 is 11.1 Å². The van der Waals surface area contributed by atoms with Gasteiger partial charge >= 0.3 is 0 Å². The van der Waals surface area contributed by atoms with Crippen molar-refractivity contribution in [2.75, 3.05) is 26.2 Å². The average Bonchev–Trinajstić information content (AvgIpc) is 2.36. The van der Waals surface area contributed by atoms with E-state index in [1.807, 2.05) is 0 Å². The molecule has 1 saturated carbocycles. The van der Waals surface area contributed by atoms with Crippen molar-refractivity contribution in [1.82, 2.24) is 10.2 Å². The molecule has 0 unspecified atom stereocenters. The van der Waals surface area contributed by atoms with Crippen molar-refractivity contribution in [2.45, 2.75) is 58.4 Å². The highest BCUT2D eigenvalue weighted by Gasteiger charge is 2.17. The monoisotopic (exact) mass is 269 g/mol. The number of amides is 1. The van der Waals surface area contributed by atoms with E-state index < -0.39 is 0 Å². The first-order valence-corrected chi connectivity index (χ1v) is 7.83. The Kier molecular flexibility index (Phi) is 8.07. The molecule has 0 aromatic carbocycles. The summed E-state index contributed by atoms with van der Waals surface area (Å²) in [6.45, 7) is 7.49. The van der Waals surface area contributed by atoms with E-state index >= 15 is 0 Å². The van der Waals surface area contributed by atoms with Crippen LogP contribution >= 0.6 is 0 Å². The normalized spacial score (nSPS) is 17.1. The molecule has 1 amide bonds. The largest absolute Gasteiger partial charge is 0.352 e. The molecule has 1 rings (SSSR count). The molecule has 0 spiro atoms. The highest BCUT2D eigenvalue weighted by molar-refractivity contribution is 5.78. The summed E-state index contributed by atoms with van der Waals surface area (Å²) in [6, 6.07) is 0.414. The zero-order chi connectivity index (χ0) is 14.1. The maximum Gasteiger partial charge on any atom is 0.234 e. The van der Waals surface area contributed by atoms with E-state index in [1.165, 1.54) is 19.3 Å². The number of nitrogens with one attached hydrogen (secondary N) is 1. The van der Waals surface area contributed by atoms with Crippen molar-refractivity contribution in [2.24, 2.45) is 11.7 Å². The number of carbonyl (C=O) groups is 1. The first kappa shape index (κ1) is 16.4. The molecule has 0 aromatic rings. The maximum absolute atomic E-state index is 12.1. The summed E-state index contributed by atoms with van der Waals surface area (Å²) < 4.78 is 0. The molecule has 0 heterocycles. The topological polar surface area (TPSA) is 58.4 Å². The second kappa shape index (κ2) is 9.32. The van der Waals surface area contributed by atoms with Gasteiger partial charge in [-0.25, -0.2) is 0 Å². The van der Waals surface area contributed by atoms with Crippen LogP contribution in [0.3, 0.4) is 0 Å². The van der Waals surface area contributed by atoms with Crippen molar-refractivity contribution in [3.63, 3.8) is 0 Å². The zero-order valence-electron chi connectivity index (χ0n) is 12.7. The summed E-state index contributed by atoms with van der Waals surface area (Å²) in [5.41, 5.74) is 5.56. The summed E-state index contributed by atoms with van der Waals surface area (Å²) in [4.78, 5) is 14.3. The van der Waals surface area contributed by atoms with Crippen LogP contribution in [0, 0.1) is 5.92 Å². The van der Waals surface area contributed by atoms with E-state index in [0.717, 1.165) is 32.4 Å². The molecule has 4 heteroatoms. The van der Waals surface area contributed by atoms with E-state index in [1.54, 1.807) is 0 Å². The Morgan fingerprint density at radius 1 is 1.32 bits per heavy atom. The van der Waals surface area contributed by atoms with Crippen molar-refractivity contribution in [1.29, 1.82) is 0 Å². The lowest BCUT2D eigenvalue weighted by Gasteiger charge is -2.27. The maximum atomic E-state index is 12.1. The summed E-state index contributed by atoms with van der Waals surface area (Å²) in [7, 11) is 0. The zero-order valence-corrected chi connectivity index (χ0v) is 12.7. The predicted molar refractivity (Wildman–Crippen MR) is 80.0 cm³/mol. The number of hydrogen-bond acceptors (Lipinski definition) is 3. The average molecular weight is 269 g/mol. The van der Waals surface area contributed by atoms with Crippen LogP contribution < -0.4 is 11.1 Å². The van der Waals surface area contributed by atoms with Crippen molar-refractivity contribution in [3.8, 4) is 0 Å². The highest BCUT2D eigenvalue weighted by atomic mass is 16.2. The lowest BCUT2D eigenvalue weighted by molar-refractivity contribution is -0.123. The SMILES string of the molecule is CC(C)CN(CCCN)CC(=O)NC1CCCCC1. The van der Waals surface area contributed by atoms with E-state index in [4.69, 9.17) is 5.73 Å². The summed E-state index contributed by atoms with van der Waals surface area (Å²) in [6.07, 6.45) is 7.10. The molecule has 19 heavy (non-hydrogen) atoms. The lowest BCUT2D eigenvalue weighted by atomic mass is 9.95. The third-order valence-electron chi connectivity index (χ3n) is 3.64. The summed E-state index contributed by atoms with van der Waals surface area (Å²) in [5.74, 6) is 0.768. The molecule has 112 valence electrons. The Morgan fingerprint density at radius 3 is 2.58 bits per heavy atom. The van der Waals surface area contributed by atoms with Gasteiger partial charge in [-0.3, -0.25) is 9.69 Å². The summed E-state index contributed by atoms with van der Waals surface area (Å²) >= 11 is 0. The second-order valence-electron chi connectivity index (χ2n) is 6.17. The molecule has 0 saturated heterocycles. The van der Waals surface area contributed by atoms with Gasteiger partial charge in [0.1, 0.15) is 0 Å². The van der Waals surface area contributed by atoms with Gasteiger partial charge in [0.2, 0.25) is 5.91 Å². The fourth-order valence-electron chi connectivity index (χ4n) is 2.79. The predicted octanol–water partition coefficient (Wildman–Crippen LogP) is 1.74. The fourth-order valence-corrected chi connectivity index (χ4v) is 2.79. The van der Waals surface area contributed by atoms with Crippen LogP contribution in [0.25, 0.3) is 0 Å². The third kappa shape index (κ3) is 7.53. The molecule has 0 bridgehead atoms. The second-order valence-corrected chi connectivity index (χ2v) is 6.17. The number of carbonyl (C=O) groups excluding carboxylic acids is 1. The minimum Gasteiger partial charge on any atom is -0.352 e. The fraction of sp³-hybridized carbons (Fsp3) is 0.933. The van der Waals surface area contributed by atoms with Gasteiger partial charge in [-0.2, -0.15) is 0 Å². The van der Waals surface area contributed by atoms with Gasteiger partial charge in [-0.15, -0.1) is 0 Å². The van der Waals surface area contributed by atoms with Crippen LogP contribution in [0.2, 0.25) is 0 Å².